The van der Waals surface area contributed by atoms with Gasteiger partial charge in [-0.2, -0.15) is 0 Å². The predicted molar refractivity (Wildman–Crippen MR) is 75.3 cm³/mol. The number of rotatable bonds is 4. The Hall–Kier alpha value is -2.08. The molecule has 1 heterocycles. The van der Waals surface area contributed by atoms with E-state index in [2.05, 4.69) is 4.98 Å². The quantitative estimate of drug-likeness (QED) is 0.925. The molecule has 0 bridgehead atoms. The number of pyridine rings is 1. The Kier molecular flexibility index (Phi) is 3.71. The van der Waals surface area contributed by atoms with Crippen molar-refractivity contribution in [3.63, 3.8) is 0 Å². The molecule has 2 rings (SSSR count). The van der Waals surface area contributed by atoms with Crippen LogP contribution in [0.3, 0.4) is 0 Å². The number of nitrogens with two attached hydrogens (primary N) is 1. The van der Waals surface area contributed by atoms with Crippen LogP contribution in [0.15, 0.2) is 53.6 Å². The Morgan fingerprint density at radius 1 is 1.16 bits per heavy atom. The first-order chi connectivity index (χ1) is 9.05. The Balaban J connectivity index is 2.45. The number of nitrogens with zero attached hydrogens (tertiary/aromatic N) is 2. The van der Waals surface area contributed by atoms with E-state index < -0.39 is 10.0 Å². The summed E-state index contributed by atoms with van der Waals surface area (Å²) in [5.74, 6) is 0.293. The first kappa shape index (κ1) is 13.4. The van der Waals surface area contributed by atoms with E-state index in [0.29, 0.717) is 18.1 Å². The first-order valence-electron chi connectivity index (χ1n) is 5.85. The number of sulfonamides is 1. The fourth-order valence-electron chi connectivity index (χ4n) is 1.76. The highest BCUT2D eigenvalue weighted by Gasteiger charge is 2.23. The van der Waals surface area contributed by atoms with E-state index in [1.165, 1.54) is 22.6 Å². The van der Waals surface area contributed by atoms with Crippen LogP contribution < -0.4 is 10.0 Å². The van der Waals surface area contributed by atoms with Crippen molar-refractivity contribution in [1.29, 1.82) is 0 Å². The third-order valence-electron chi connectivity index (χ3n) is 2.68. The highest BCUT2D eigenvalue weighted by atomic mass is 32.2. The molecule has 0 aliphatic rings. The molecule has 0 aliphatic heterocycles. The second-order valence-corrected chi connectivity index (χ2v) is 5.79. The zero-order valence-electron chi connectivity index (χ0n) is 10.5. The molecule has 1 aromatic carbocycles. The summed E-state index contributed by atoms with van der Waals surface area (Å²) in [5.41, 5.74) is 6.10. The average molecular weight is 277 g/mol. The van der Waals surface area contributed by atoms with Gasteiger partial charge in [-0.05, 0) is 31.2 Å². The van der Waals surface area contributed by atoms with Crippen LogP contribution in [0, 0.1) is 0 Å². The Bertz CT molecular complexity index is 639. The van der Waals surface area contributed by atoms with Crippen molar-refractivity contribution in [1.82, 2.24) is 4.98 Å². The smallest absolute Gasteiger partial charge is 0.265 e. The molecule has 1 aromatic heterocycles. The van der Waals surface area contributed by atoms with Gasteiger partial charge in [-0.1, -0.05) is 18.2 Å². The molecule has 0 saturated carbocycles. The van der Waals surface area contributed by atoms with Crippen LogP contribution in [-0.4, -0.2) is 19.9 Å². The van der Waals surface area contributed by atoms with Crippen molar-refractivity contribution in [2.24, 2.45) is 0 Å². The molecule has 0 spiro atoms. The molecular formula is C13H15N3O2S. The molecular weight excluding hydrogens is 262 g/mol. The van der Waals surface area contributed by atoms with Crippen LogP contribution >= 0.6 is 0 Å². The molecule has 0 atom stereocenters. The zero-order valence-corrected chi connectivity index (χ0v) is 11.3. The lowest BCUT2D eigenvalue weighted by molar-refractivity contribution is 0.591. The summed E-state index contributed by atoms with van der Waals surface area (Å²) in [5, 5.41) is 0. The highest BCUT2D eigenvalue weighted by Crippen LogP contribution is 2.22. The Morgan fingerprint density at radius 2 is 1.84 bits per heavy atom. The van der Waals surface area contributed by atoms with Crippen molar-refractivity contribution >= 4 is 21.5 Å². The van der Waals surface area contributed by atoms with Crippen molar-refractivity contribution in [3.8, 4) is 0 Å². The third kappa shape index (κ3) is 2.68. The van der Waals surface area contributed by atoms with Gasteiger partial charge in [-0.25, -0.2) is 13.4 Å². The lowest BCUT2D eigenvalue weighted by Crippen LogP contribution is -2.30. The van der Waals surface area contributed by atoms with Gasteiger partial charge < -0.3 is 5.73 Å². The highest BCUT2D eigenvalue weighted by molar-refractivity contribution is 7.92. The lowest BCUT2D eigenvalue weighted by atomic mass is 10.3. The van der Waals surface area contributed by atoms with Crippen molar-refractivity contribution in [2.75, 3.05) is 16.6 Å². The Labute approximate surface area is 112 Å². The normalized spacial score (nSPS) is 11.2. The van der Waals surface area contributed by atoms with Gasteiger partial charge in [0.25, 0.3) is 10.0 Å². The van der Waals surface area contributed by atoms with Crippen LogP contribution in [0.4, 0.5) is 11.5 Å². The third-order valence-corrected chi connectivity index (χ3v) is 4.57. The van der Waals surface area contributed by atoms with E-state index in [9.17, 15) is 8.42 Å². The number of hydrogen-bond donors (Lipinski definition) is 1. The molecule has 19 heavy (non-hydrogen) atoms. The molecule has 5 nitrogen and oxygen atoms in total. The fraction of sp³-hybridized carbons (Fsp3) is 0.154. The molecule has 0 amide bonds. The molecule has 0 radical (unpaired) electrons. The van der Waals surface area contributed by atoms with Gasteiger partial charge in [-0.3, -0.25) is 4.31 Å². The van der Waals surface area contributed by atoms with E-state index in [4.69, 9.17) is 5.73 Å². The van der Waals surface area contributed by atoms with Crippen LogP contribution in [-0.2, 0) is 10.0 Å². The van der Waals surface area contributed by atoms with Gasteiger partial charge in [0.1, 0.15) is 10.7 Å². The van der Waals surface area contributed by atoms with Gasteiger partial charge in [0.15, 0.2) is 0 Å². The van der Waals surface area contributed by atoms with Crippen LogP contribution in [0.1, 0.15) is 6.92 Å². The summed E-state index contributed by atoms with van der Waals surface area (Å²) < 4.78 is 26.4. The Morgan fingerprint density at radius 3 is 2.37 bits per heavy atom. The van der Waals surface area contributed by atoms with Gasteiger partial charge in [0.05, 0.1) is 5.69 Å². The van der Waals surface area contributed by atoms with Crippen molar-refractivity contribution in [3.05, 3.63) is 48.7 Å². The molecule has 2 aromatic rings. The van der Waals surface area contributed by atoms with Crippen LogP contribution in [0.25, 0.3) is 0 Å². The van der Waals surface area contributed by atoms with Gasteiger partial charge in [-0.15, -0.1) is 0 Å². The number of aromatic nitrogens is 1. The maximum Gasteiger partial charge on any atom is 0.265 e. The molecule has 0 unspecified atom stereocenters. The summed E-state index contributed by atoms with van der Waals surface area (Å²) in [6, 6.07) is 11.9. The van der Waals surface area contributed by atoms with Crippen molar-refractivity contribution in [2.45, 2.75) is 11.8 Å². The minimum absolute atomic E-state index is 0.132. The van der Waals surface area contributed by atoms with Crippen LogP contribution in [0.2, 0.25) is 0 Å². The number of para-hydroxylation sites is 1. The topological polar surface area (TPSA) is 76.3 Å². The standard InChI is InChI=1S/C13H15N3O2S/c1-2-16(11-6-4-3-5-7-11)19(17,18)12-8-9-13(14)15-10-12/h3-10H,2H2,1H3,(H2,14,15). The molecule has 0 saturated heterocycles. The summed E-state index contributed by atoms with van der Waals surface area (Å²) >= 11 is 0. The number of benzene rings is 1. The molecule has 6 heteroatoms. The average Bonchev–Trinajstić information content (AvgIpc) is 2.41. The van der Waals surface area contributed by atoms with E-state index in [1.807, 2.05) is 6.07 Å². The van der Waals surface area contributed by atoms with E-state index >= 15 is 0 Å². The fourth-order valence-corrected chi connectivity index (χ4v) is 3.18. The second-order valence-electron chi connectivity index (χ2n) is 3.92. The SMILES string of the molecule is CCN(c1ccccc1)S(=O)(=O)c1ccc(N)nc1. The maximum atomic E-state index is 12.5. The van der Waals surface area contributed by atoms with Gasteiger partial charge in [0.2, 0.25) is 0 Å². The van der Waals surface area contributed by atoms with Crippen LogP contribution in [0.5, 0.6) is 0 Å². The second kappa shape index (κ2) is 5.27. The predicted octanol–water partition coefficient (Wildman–Crippen LogP) is 1.88. The number of nitrogen functional groups attached to an aromatic ring is 1. The molecule has 0 fully saturated rings. The minimum Gasteiger partial charge on any atom is -0.384 e. The van der Waals surface area contributed by atoms with E-state index in [0.717, 1.165) is 0 Å². The largest absolute Gasteiger partial charge is 0.384 e. The molecule has 2 N–H and O–H groups in total. The molecule has 100 valence electrons. The number of hydrogen-bond acceptors (Lipinski definition) is 4. The first-order valence-corrected chi connectivity index (χ1v) is 7.29. The van der Waals surface area contributed by atoms with E-state index in [1.54, 1.807) is 31.2 Å². The monoisotopic (exact) mass is 277 g/mol. The summed E-state index contributed by atoms with van der Waals surface area (Å²) in [6.07, 6.45) is 1.27. The number of anilines is 2. The summed E-state index contributed by atoms with van der Waals surface area (Å²) in [4.78, 5) is 3.96. The van der Waals surface area contributed by atoms with Crippen molar-refractivity contribution < 1.29 is 8.42 Å². The van der Waals surface area contributed by atoms with Gasteiger partial charge in [0, 0.05) is 12.7 Å². The zero-order chi connectivity index (χ0) is 13.9. The summed E-state index contributed by atoms with van der Waals surface area (Å²) in [7, 11) is -3.61. The lowest BCUT2D eigenvalue weighted by Gasteiger charge is -2.22. The van der Waals surface area contributed by atoms with E-state index in [-0.39, 0.29) is 4.90 Å². The minimum atomic E-state index is -3.61. The van der Waals surface area contributed by atoms with Gasteiger partial charge >= 0.3 is 0 Å². The maximum absolute atomic E-state index is 12.5. The summed E-state index contributed by atoms with van der Waals surface area (Å²) in [6.45, 7) is 2.13. The molecule has 0 aliphatic carbocycles.